The van der Waals surface area contributed by atoms with Crippen molar-refractivity contribution in [2.45, 2.75) is 18.8 Å². The molecular formula is C23H23F2N7O. The van der Waals surface area contributed by atoms with E-state index in [0.29, 0.717) is 23.0 Å². The van der Waals surface area contributed by atoms with Gasteiger partial charge in [0.2, 0.25) is 5.95 Å². The predicted molar refractivity (Wildman–Crippen MR) is 121 cm³/mol. The number of aromatic nitrogens is 5. The molecular weight excluding hydrogens is 428 g/mol. The summed E-state index contributed by atoms with van der Waals surface area (Å²) in [5.41, 5.74) is 2.86. The highest BCUT2D eigenvalue weighted by atomic mass is 19.3. The average Bonchev–Trinajstić information content (AvgIpc) is 3.46. The van der Waals surface area contributed by atoms with Crippen LogP contribution in [0.2, 0.25) is 0 Å². The van der Waals surface area contributed by atoms with Crippen LogP contribution in [0, 0.1) is 0 Å². The second-order valence-electron chi connectivity index (χ2n) is 8.41. The van der Waals surface area contributed by atoms with E-state index >= 15 is 0 Å². The number of pyridine rings is 1. The molecule has 4 heterocycles. The molecule has 0 bridgehead atoms. The van der Waals surface area contributed by atoms with E-state index in [1.54, 1.807) is 6.07 Å². The number of piperidine rings is 1. The van der Waals surface area contributed by atoms with E-state index in [1.165, 1.54) is 11.1 Å². The number of anilines is 1. The Morgan fingerprint density at radius 2 is 1.91 bits per heavy atom. The molecule has 4 aromatic rings. The van der Waals surface area contributed by atoms with Gasteiger partial charge in [0.15, 0.2) is 5.82 Å². The molecule has 1 fully saturated rings. The number of H-pyrrole nitrogens is 1. The first-order valence-electron chi connectivity index (χ1n) is 10.7. The first kappa shape index (κ1) is 21.0. The molecule has 3 aromatic heterocycles. The number of halogens is 2. The third kappa shape index (κ3) is 4.04. The molecule has 1 aromatic carbocycles. The molecule has 33 heavy (non-hydrogen) atoms. The van der Waals surface area contributed by atoms with Gasteiger partial charge in [-0.05, 0) is 24.3 Å². The van der Waals surface area contributed by atoms with E-state index in [4.69, 9.17) is 0 Å². The zero-order valence-corrected chi connectivity index (χ0v) is 18.3. The normalized spacial score (nSPS) is 15.7. The van der Waals surface area contributed by atoms with Crippen LogP contribution in [0.25, 0.3) is 28.1 Å². The molecule has 8 nitrogen and oxygen atoms in total. The van der Waals surface area contributed by atoms with Gasteiger partial charge in [0.05, 0.1) is 5.56 Å². The van der Waals surface area contributed by atoms with Crippen molar-refractivity contribution >= 4 is 22.9 Å². The van der Waals surface area contributed by atoms with Crippen molar-refractivity contribution in [3.63, 3.8) is 0 Å². The van der Waals surface area contributed by atoms with E-state index in [0.717, 1.165) is 16.6 Å². The third-order valence-electron chi connectivity index (χ3n) is 5.85. The number of nitrogens with one attached hydrogen (secondary N) is 1. The number of likely N-dealkylation sites (tertiary alicyclic amines) is 1. The quantitative estimate of drug-likeness (QED) is 0.511. The van der Waals surface area contributed by atoms with Crippen LogP contribution < -0.4 is 4.90 Å². The average molecular weight is 451 g/mol. The van der Waals surface area contributed by atoms with Gasteiger partial charge in [-0.3, -0.25) is 4.79 Å². The molecule has 1 saturated heterocycles. The second kappa shape index (κ2) is 7.95. The molecule has 0 saturated carbocycles. The molecule has 1 aliphatic heterocycles. The molecule has 1 amide bonds. The van der Waals surface area contributed by atoms with E-state index in [2.05, 4.69) is 20.2 Å². The van der Waals surface area contributed by atoms with Crippen molar-refractivity contribution in [1.29, 1.82) is 0 Å². The summed E-state index contributed by atoms with van der Waals surface area (Å²) in [6, 6.07) is 11.5. The molecule has 0 radical (unpaired) electrons. The summed E-state index contributed by atoms with van der Waals surface area (Å²) in [5, 5.41) is 9.14. The molecule has 0 spiro atoms. The number of fused-ring (bicyclic) bond motifs is 1. The SMILES string of the molecule is CN(C)c1nnc(-c2cccc(-n3ccc4cc(C(=O)N5CCC(F)(F)CC5)cnc43)c2)[nH]1. The number of hydrogen-bond donors (Lipinski definition) is 1. The van der Waals surface area contributed by atoms with Crippen LogP contribution in [0.4, 0.5) is 14.7 Å². The van der Waals surface area contributed by atoms with Gasteiger partial charge in [-0.1, -0.05) is 12.1 Å². The van der Waals surface area contributed by atoms with Crippen LogP contribution in [0.15, 0.2) is 48.8 Å². The molecule has 170 valence electrons. The van der Waals surface area contributed by atoms with E-state index < -0.39 is 5.92 Å². The zero-order valence-electron chi connectivity index (χ0n) is 18.3. The zero-order chi connectivity index (χ0) is 23.2. The lowest BCUT2D eigenvalue weighted by Gasteiger charge is -2.31. The van der Waals surface area contributed by atoms with Gasteiger partial charge in [0.1, 0.15) is 5.65 Å². The number of rotatable bonds is 4. The summed E-state index contributed by atoms with van der Waals surface area (Å²) in [7, 11) is 3.77. The molecule has 10 heteroatoms. The third-order valence-corrected chi connectivity index (χ3v) is 5.85. The van der Waals surface area contributed by atoms with Gasteiger partial charge in [0, 0.05) is 69.1 Å². The van der Waals surface area contributed by atoms with Crippen LogP contribution in [0.1, 0.15) is 23.2 Å². The molecule has 5 rings (SSSR count). The fourth-order valence-electron chi connectivity index (χ4n) is 3.96. The highest BCUT2D eigenvalue weighted by Gasteiger charge is 2.35. The van der Waals surface area contributed by atoms with E-state index in [9.17, 15) is 13.6 Å². The summed E-state index contributed by atoms with van der Waals surface area (Å²) < 4.78 is 28.8. The van der Waals surface area contributed by atoms with Gasteiger partial charge in [-0.25, -0.2) is 13.8 Å². The van der Waals surface area contributed by atoms with Crippen LogP contribution in [-0.2, 0) is 0 Å². The second-order valence-corrected chi connectivity index (χ2v) is 8.41. The van der Waals surface area contributed by atoms with Crippen molar-refractivity contribution in [3.8, 4) is 17.1 Å². The summed E-state index contributed by atoms with van der Waals surface area (Å²) in [6.07, 6.45) is 2.79. The molecule has 0 atom stereocenters. The maximum absolute atomic E-state index is 13.4. The lowest BCUT2D eigenvalue weighted by Crippen LogP contribution is -2.42. The summed E-state index contributed by atoms with van der Waals surface area (Å²) in [4.78, 5) is 23.8. The van der Waals surface area contributed by atoms with Gasteiger partial charge in [0.25, 0.3) is 11.8 Å². The number of carbonyl (C=O) groups excluding carboxylic acids is 1. The summed E-state index contributed by atoms with van der Waals surface area (Å²) >= 11 is 0. The number of amides is 1. The Morgan fingerprint density at radius 3 is 2.64 bits per heavy atom. The molecule has 0 aliphatic carbocycles. The number of nitrogens with zero attached hydrogens (tertiary/aromatic N) is 6. The number of benzene rings is 1. The highest BCUT2D eigenvalue weighted by Crippen LogP contribution is 2.29. The van der Waals surface area contributed by atoms with Gasteiger partial charge in [-0.15, -0.1) is 10.2 Å². The molecule has 0 unspecified atom stereocenters. The fraction of sp³-hybridized carbons (Fsp3) is 0.304. The summed E-state index contributed by atoms with van der Waals surface area (Å²) in [6.45, 7) is 0.101. The van der Waals surface area contributed by atoms with Crippen molar-refractivity contribution in [2.75, 3.05) is 32.1 Å². The maximum atomic E-state index is 13.4. The Balaban J connectivity index is 1.42. The van der Waals surface area contributed by atoms with Crippen molar-refractivity contribution in [2.24, 2.45) is 0 Å². The Morgan fingerprint density at radius 1 is 1.12 bits per heavy atom. The smallest absolute Gasteiger partial charge is 0.255 e. The standard InChI is InChI=1S/C23H23F2N7O/c1-30(2)22-27-19(28-29-22)15-4-3-5-18(13-15)32-9-6-16-12-17(14-26-20(16)32)21(33)31-10-7-23(24,25)8-11-31/h3-6,9,12-14H,7-8,10-11H2,1-2H3,(H,27,28,29). The molecule has 1 aliphatic rings. The summed E-state index contributed by atoms with van der Waals surface area (Å²) in [5.74, 6) is -1.63. The minimum absolute atomic E-state index is 0.0504. The maximum Gasteiger partial charge on any atom is 0.255 e. The lowest BCUT2D eigenvalue weighted by molar-refractivity contribution is -0.0494. The van der Waals surface area contributed by atoms with Crippen LogP contribution in [0.3, 0.4) is 0 Å². The van der Waals surface area contributed by atoms with Gasteiger partial charge < -0.3 is 19.4 Å². The first-order chi connectivity index (χ1) is 15.8. The van der Waals surface area contributed by atoms with E-state index in [-0.39, 0.29) is 31.8 Å². The predicted octanol–water partition coefficient (Wildman–Crippen LogP) is 3.75. The van der Waals surface area contributed by atoms with Gasteiger partial charge >= 0.3 is 0 Å². The van der Waals surface area contributed by atoms with Gasteiger partial charge in [-0.2, -0.15) is 0 Å². The minimum Gasteiger partial charge on any atom is -0.347 e. The number of hydrogen-bond acceptors (Lipinski definition) is 5. The van der Waals surface area contributed by atoms with Crippen molar-refractivity contribution < 1.29 is 13.6 Å². The first-order valence-corrected chi connectivity index (χ1v) is 10.7. The van der Waals surface area contributed by atoms with Crippen LogP contribution in [0.5, 0.6) is 0 Å². The fourth-order valence-corrected chi connectivity index (χ4v) is 3.96. The highest BCUT2D eigenvalue weighted by molar-refractivity contribution is 5.97. The molecule has 1 N–H and O–H groups in total. The number of aromatic amines is 1. The minimum atomic E-state index is -2.69. The van der Waals surface area contributed by atoms with E-state index in [1.807, 2.05) is 60.1 Å². The Bertz CT molecular complexity index is 1320. The Labute approximate surface area is 188 Å². The van der Waals surface area contributed by atoms with Crippen molar-refractivity contribution in [3.05, 3.63) is 54.4 Å². The van der Waals surface area contributed by atoms with Crippen LogP contribution >= 0.6 is 0 Å². The monoisotopic (exact) mass is 451 g/mol. The Hall–Kier alpha value is -3.82. The number of alkyl halides is 2. The van der Waals surface area contributed by atoms with Crippen molar-refractivity contribution in [1.82, 2.24) is 29.6 Å². The topological polar surface area (TPSA) is 82.9 Å². The number of carbonyl (C=O) groups is 1. The Kier molecular flexibility index (Phi) is 5.07. The largest absolute Gasteiger partial charge is 0.347 e. The lowest BCUT2D eigenvalue weighted by atomic mass is 10.1. The van der Waals surface area contributed by atoms with Crippen LogP contribution in [-0.4, -0.2) is 68.6 Å².